The van der Waals surface area contributed by atoms with E-state index in [4.69, 9.17) is 10.5 Å². The van der Waals surface area contributed by atoms with E-state index in [9.17, 15) is 0 Å². The van der Waals surface area contributed by atoms with Crippen LogP contribution in [0.2, 0.25) is 0 Å². The quantitative estimate of drug-likeness (QED) is 0.947. The van der Waals surface area contributed by atoms with Crippen molar-refractivity contribution < 1.29 is 4.74 Å². The highest BCUT2D eigenvalue weighted by atomic mass is 79.9. The predicted molar refractivity (Wildman–Crippen MR) is 76.7 cm³/mol. The average molecular weight is 310 g/mol. The molecule has 96 valence electrons. The van der Waals surface area contributed by atoms with Gasteiger partial charge in [-0.3, -0.25) is 0 Å². The van der Waals surface area contributed by atoms with Crippen molar-refractivity contribution in [1.82, 2.24) is 9.55 Å². The largest absolute Gasteiger partial charge is 0.494 e. The van der Waals surface area contributed by atoms with Crippen LogP contribution in [0, 0.1) is 6.92 Å². The smallest absolute Gasteiger partial charge is 0.201 e. The molecule has 0 saturated carbocycles. The number of nitrogen functional groups attached to an aromatic ring is 1. The fourth-order valence-electron chi connectivity index (χ4n) is 1.79. The molecular formula is C13H16BrN3O. The highest BCUT2D eigenvalue weighted by Crippen LogP contribution is 2.31. The summed E-state index contributed by atoms with van der Waals surface area (Å²) in [5, 5.41) is 0. The van der Waals surface area contributed by atoms with Gasteiger partial charge >= 0.3 is 0 Å². The van der Waals surface area contributed by atoms with E-state index in [1.165, 1.54) is 0 Å². The van der Waals surface area contributed by atoms with Gasteiger partial charge in [-0.15, -0.1) is 0 Å². The fourth-order valence-corrected chi connectivity index (χ4v) is 2.29. The van der Waals surface area contributed by atoms with Crippen molar-refractivity contribution in [2.24, 2.45) is 7.05 Å². The Hall–Kier alpha value is -1.49. The normalized spacial score (nSPS) is 10.7. The van der Waals surface area contributed by atoms with Crippen LogP contribution in [0.4, 0.5) is 5.95 Å². The van der Waals surface area contributed by atoms with E-state index in [2.05, 4.69) is 27.0 Å². The minimum Gasteiger partial charge on any atom is -0.494 e. The van der Waals surface area contributed by atoms with Crippen LogP contribution >= 0.6 is 15.9 Å². The van der Waals surface area contributed by atoms with Crippen molar-refractivity contribution in [3.63, 3.8) is 0 Å². The summed E-state index contributed by atoms with van der Waals surface area (Å²) in [6.07, 6.45) is 0. The first kappa shape index (κ1) is 13.0. The van der Waals surface area contributed by atoms with Gasteiger partial charge in [0.25, 0.3) is 0 Å². The zero-order chi connectivity index (χ0) is 13.3. The zero-order valence-electron chi connectivity index (χ0n) is 10.7. The number of nitrogens with zero attached hydrogens (tertiary/aromatic N) is 2. The lowest BCUT2D eigenvalue weighted by atomic mass is 10.1. The lowest BCUT2D eigenvalue weighted by Gasteiger charge is -2.08. The van der Waals surface area contributed by atoms with Crippen molar-refractivity contribution in [1.29, 1.82) is 0 Å². The molecule has 18 heavy (non-hydrogen) atoms. The third-order valence-corrected chi connectivity index (χ3v) is 3.72. The molecule has 5 heteroatoms. The predicted octanol–water partition coefficient (Wildman–Crippen LogP) is 3.14. The van der Waals surface area contributed by atoms with Gasteiger partial charge in [0.15, 0.2) is 0 Å². The van der Waals surface area contributed by atoms with Gasteiger partial charge < -0.3 is 15.0 Å². The SMILES string of the molecule is CCOc1ccc(-c2nc(N)n(C)c2Br)cc1C. The summed E-state index contributed by atoms with van der Waals surface area (Å²) >= 11 is 3.50. The molecule has 0 aliphatic rings. The Kier molecular flexibility index (Phi) is 3.61. The number of anilines is 1. The van der Waals surface area contributed by atoms with Gasteiger partial charge in [0.2, 0.25) is 5.95 Å². The summed E-state index contributed by atoms with van der Waals surface area (Å²) < 4.78 is 8.21. The summed E-state index contributed by atoms with van der Waals surface area (Å²) in [5.41, 5.74) is 8.75. The molecule has 0 unspecified atom stereocenters. The maximum atomic E-state index is 5.79. The number of nitrogens with two attached hydrogens (primary N) is 1. The van der Waals surface area contributed by atoms with Crippen LogP contribution in [0.3, 0.4) is 0 Å². The maximum absolute atomic E-state index is 5.79. The van der Waals surface area contributed by atoms with Crippen LogP contribution in [0.15, 0.2) is 22.8 Å². The Morgan fingerprint density at radius 1 is 1.44 bits per heavy atom. The van der Waals surface area contributed by atoms with Crippen LogP contribution in [-0.4, -0.2) is 16.2 Å². The second kappa shape index (κ2) is 5.02. The van der Waals surface area contributed by atoms with E-state index in [-0.39, 0.29) is 0 Å². The molecule has 0 spiro atoms. The number of rotatable bonds is 3. The number of halogens is 1. The van der Waals surface area contributed by atoms with Gasteiger partial charge in [-0.05, 0) is 53.5 Å². The van der Waals surface area contributed by atoms with E-state index in [1.54, 1.807) is 4.57 Å². The molecule has 2 N–H and O–H groups in total. The summed E-state index contributed by atoms with van der Waals surface area (Å²) in [5.74, 6) is 1.39. The highest BCUT2D eigenvalue weighted by molar-refractivity contribution is 9.10. The molecular weight excluding hydrogens is 294 g/mol. The molecule has 0 bridgehead atoms. The van der Waals surface area contributed by atoms with Gasteiger partial charge in [0.05, 0.1) is 6.61 Å². The Bertz CT molecular complexity index is 578. The van der Waals surface area contributed by atoms with E-state index in [0.717, 1.165) is 27.2 Å². The van der Waals surface area contributed by atoms with Crippen LogP contribution in [-0.2, 0) is 7.05 Å². The Morgan fingerprint density at radius 3 is 2.67 bits per heavy atom. The molecule has 0 aliphatic carbocycles. The molecule has 2 aromatic rings. The van der Waals surface area contributed by atoms with Gasteiger partial charge in [-0.1, -0.05) is 0 Å². The lowest BCUT2D eigenvalue weighted by Crippen LogP contribution is -1.96. The Balaban J connectivity index is 2.45. The second-order valence-electron chi connectivity index (χ2n) is 4.08. The summed E-state index contributed by atoms with van der Waals surface area (Å²) in [6.45, 7) is 4.67. The molecule has 0 saturated heterocycles. The molecule has 1 heterocycles. The molecule has 0 radical (unpaired) electrons. The number of hydrogen-bond donors (Lipinski definition) is 1. The molecule has 4 nitrogen and oxygen atoms in total. The number of ether oxygens (including phenoxy) is 1. The molecule has 0 fully saturated rings. The van der Waals surface area contributed by atoms with Crippen molar-refractivity contribution in [2.75, 3.05) is 12.3 Å². The molecule has 1 aromatic carbocycles. The third kappa shape index (κ3) is 2.22. The van der Waals surface area contributed by atoms with E-state index in [0.29, 0.717) is 12.6 Å². The van der Waals surface area contributed by atoms with Gasteiger partial charge in [0.1, 0.15) is 16.0 Å². The van der Waals surface area contributed by atoms with Crippen LogP contribution in [0.25, 0.3) is 11.3 Å². The number of hydrogen-bond acceptors (Lipinski definition) is 3. The van der Waals surface area contributed by atoms with Crippen molar-refractivity contribution in [2.45, 2.75) is 13.8 Å². The molecule has 2 rings (SSSR count). The van der Waals surface area contributed by atoms with Crippen LogP contribution < -0.4 is 10.5 Å². The molecule has 0 aliphatic heterocycles. The summed E-state index contributed by atoms with van der Waals surface area (Å²) in [7, 11) is 1.87. The average Bonchev–Trinajstić information content (AvgIpc) is 2.60. The first-order valence-electron chi connectivity index (χ1n) is 5.76. The molecule has 0 amide bonds. The standard InChI is InChI=1S/C13H16BrN3O/c1-4-18-10-6-5-9(7-8(10)2)11-12(14)17(3)13(15)16-11/h5-7H,4H2,1-3H3,(H2,15,16). The number of aromatic nitrogens is 2. The van der Waals surface area contributed by atoms with Crippen molar-refractivity contribution >= 4 is 21.9 Å². The van der Waals surface area contributed by atoms with Gasteiger partial charge in [-0.25, -0.2) is 4.98 Å². The number of aryl methyl sites for hydroxylation is 1. The molecule has 0 atom stereocenters. The van der Waals surface area contributed by atoms with Crippen molar-refractivity contribution in [3.05, 3.63) is 28.4 Å². The summed E-state index contributed by atoms with van der Waals surface area (Å²) in [6, 6.07) is 6.01. The van der Waals surface area contributed by atoms with E-state index in [1.807, 2.05) is 33.0 Å². The zero-order valence-corrected chi connectivity index (χ0v) is 12.3. The minimum absolute atomic E-state index is 0.489. The lowest BCUT2D eigenvalue weighted by molar-refractivity contribution is 0.338. The monoisotopic (exact) mass is 309 g/mol. The maximum Gasteiger partial charge on any atom is 0.201 e. The first-order chi connectivity index (χ1) is 8.54. The second-order valence-corrected chi connectivity index (χ2v) is 4.83. The number of benzene rings is 1. The minimum atomic E-state index is 0.489. The van der Waals surface area contributed by atoms with Gasteiger partial charge in [0, 0.05) is 12.6 Å². The highest BCUT2D eigenvalue weighted by Gasteiger charge is 2.13. The Morgan fingerprint density at radius 2 is 2.17 bits per heavy atom. The topological polar surface area (TPSA) is 53.1 Å². The van der Waals surface area contributed by atoms with E-state index < -0.39 is 0 Å². The van der Waals surface area contributed by atoms with Crippen LogP contribution in [0.5, 0.6) is 5.75 Å². The van der Waals surface area contributed by atoms with E-state index >= 15 is 0 Å². The van der Waals surface area contributed by atoms with Crippen molar-refractivity contribution in [3.8, 4) is 17.0 Å². The fraction of sp³-hybridized carbons (Fsp3) is 0.308. The first-order valence-corrected chi connectivity index (χ1v) is 6.55. The third-order valence-electron chi connectivity index (χ3n) is 2.81. The summed E-state index contributed by atoms with van der Waals surface area (Å²) in [4.78, 5) is 4.35. The molecule has 1 aromatic heterocycles. The van der Waals surface area contributed by atoms with Crippen LogP contribution in [0.1, 0.15) is 12.5 Å². The Labute approximate surface area is 115 Å². The number of imidazole rings is 1. The van der Waals surface area contributed by atoms with Gasteiger partial charge in [-0.2, -0.15) is 0 Å².